The lowest BCUT2D eigenvalue weighted by Crippen LogP contribution is -2.44. The topological polar surface area (TPSA) is 37.4 Å². The Hall–Kier alpha value is -2.56. The van der Waals surface area contributed by atoms with E-state index in [9.17, 15) is 18.4 Å². The van der Waals surface area contributed by atoms with Crippen molar-refractivity contribution < 1.29 is 18.4 Å². The summed E-state index contributed by atoms with van der Waals surface area (Å²) in [6.45, 7) is 7.54. The van der Waals surface area contributed by atoms with E-state index in [4.69, 9.17) is 0 Å². The molecule has 0 bridgehead atoms. The van der Waals surface area contributed by atoms with Crippen LogP contribution in [0, 0.1) is 30.4 Å². The van der Waals surface area contributed by atoms with E-state index in [1.807, 2.05) is 31.7 Å². The van der Waals surface area contributed by atoms with Crippen LogP contribution in [-0.4, -0.2) is 29.7 Å². The molecule has 1 heterocycles. The van der Waals surface area contributed by atoms with Crippen LogP contribution in [-0.2, 0) is 6.42 Å². The molecule has 4 rings (SSSR count). The van der Waals surface area contributed by atoms with E-state index >= 15 is 0 Å². The van der Waals surface area contributed by atoms with Crippen molar-refractivity contribution in [3.63, 3.8) is 0 Å². The highest BCUT2D eigenvalue weighted by Gasteiger charge is 2.33. The lowest BCUT2D eigenvalue weighted by molar-refractivity contribution is 0.0520. The number of halogens is 2. The number of fused-ring (bicyclic) bond motifs is 1. The number of carbonyl (C=O) groups is 2. The number of piperidine rings is 1. The second kappa shape index (κ2) is 10.8. The van der Waals surface area contributed by atoms with Gasteiger partial charge < -0.3 is 4.90 Å². The fourth-order valence-corrected chi connectivity index (χ4v) is 4.99. The molecule has 1 saturated heterocycles. The van der Waals surface area contributed by atoms with Gasteiger partial charge in [0.15, 0.2) is 17.4 Å². The molecule has 0 unspecified atom stereocenters. The van der Waals surface area contributed by atoms with Gasteiger partial charge in [-0.25, -0.2) is 8.78 Å². The van der Waals surface area contributed by atoms with Crippen LogP contribution < -0.4 is 0 Å². The Labute approximate surface area is 189 Å². The number of nitrogens with zero attached hydrogens (tertiary/aromatic N) is 1. The summed E-state index contributed by atoms with van der Waals surface area (Å²) in [6.07, 6.45) is 6.27. The second-order valence-corrected chi connectivity index (χ2v) is 8.72. The average Bonchev–Trinajstić information content (AvgIpc) is 2.81. The first-order valence-electron chi connectivity index (χ1n) is 11.8. The van der Waals surface area contributed by atoms with Gasteiger partial charge >= 0.3 is 0 Å². The number of carbonyl (C=O) groups excluding carboxylic acids is 2. The molecule has 172 valence electrons. The minimum Gasteiger partial charge on any atom is -0.338 e. The third kappa shape index (κ3) is 5.43. The van der Waals surface area contributed by atoms with Gasteiger partial charge in [0.05, 0.1) is 0 Å². The first-order valence-corrected chi connectivity index (χ1v) is 11.8. The Morgan fingerprint density at radius 1 is 0.938 bits per heavy atom. The summed E-state index contributed by atoms with van der Waals surface area (Å²) >= 11 is 0. The molecule has 3 nitrogen and oxygen atoms in total. The molecule has 1 aliphatic carbocycles. The van der Waals surface area contributed by atoms with Crippen LogP contribution in [0.5, 0.6) is 0 Å². The molecule has 1 amide bonds. The number of rotatable bonds is 4. The summed E-state index contributed by atoms with van der Waals surface area (Å²) in [7, 11) is 0. The third-order valence-electron chi connectivity index (χ3n) is 6.71. The van der Waals surface area contributed by atoms with E-state index in [0.717, 1.165) is 48.7 Å². The van der Waals surface area contributed by atoms with Crippen LogP contribution in [0.15, 0.2) is 36.4 Å². The van der Waals surface area contributed by atoms with Gasteiger partial charge in [-0.1, -0.05) is 45.2 Å². The summed E-state index contributed by atoms with van der Waals surface area (Å²) < 4.78 is 26.5. The summed E-state index contributed by atoms with van der Waals surface area (Å²) in [4.78, 5) is 27.5. The van der Waals surface area contributed by atoms with Gasteiger partial charge in [-0.2, -0.15) is 0 Å². The Balaban J connectivity index is 0.00000141. The SMILES string of the molecule is CC.Cc1cc(CC(=O)c2ccc(F)c(F)c2)ccc1C(=O)N1CC[C@H]2CCCC[C@H]2C1. The van der Waals surface area contributed by atoms with Crippen LogP contribution in [0.1, 0.15) is 77.8 Å². The van der Waals surface area contributed by atoms with Crippen molar-refractivity contribution in [1.29, 1.82) is 0 Å². The second-order valence-electron chi connectivity index (χ2n) is 8.72. The van der Waals surface area contributed by atoms with Gasteiger partial charge in [0.25, 0.3) is 5.91 Å². The largest absolute Gasteiger partial charge is 0.338 e. The van der Waals surface area contributed by atoms with E-state index in [1.54, 1.807) is 12.1 Å². The lowest BCUT2D eigenvalue weighted by atomic mass is 9.75. The normalized spacial score (nSPS) is 20.1. The molecule has 32 heavy (non-hydrogen) atoms. The third-order valence-corrected chi connectivity index (χ3v) is 6.71. The molecule has 2 atom stereocenters. The zero-order chi connectivity index (χ0) is 23.3. The molecule has 2 fully saturated rings. The fourth-order valence-electron chi connectivity index (χ4n) is 4.99. The molecule has 0 spiro atoms. The number of amides is 1. The minimum absolute atomic E-state index is 0.0648. The number of hydrogen-bond acceptors (Lipinski definition) is 2. The van der Waals surface area contributed by atoms with Crippen LogP contribution in [0.2, 0.25) is 0 Å². The number of ketones is 1. The van der Waals surface area contributed by atoms with Crippen molar-refractivity contribution in [3.8, 4) is 0 Å². The van der Waals surface area contributed by atoms with E-state index in [-0.39, 0.29) is 23.7 Å². The zero-order valence-corrected chi connectivity index (χ0v) is 19.3. The summed E-state index contributed by atoms with van der Waals surface area (Å²) in [5.41, 5.74) is 2.40. The maximum atomic E-state index is 13.4. The molecule has 0 aromatic heterocycles. The highest BCUT2D eigenvalue weighted by Crippen LogP contribution is 2.36. The highest BCUT2D eigenvalue weighted by molar-refractivity contribution is 5.98. The van der Waals surface area contributed by atoms with Gasteiger partial charge in [0.1, 0.15) is 0 Å². The Morgan fingerprint density at radius 3 is 2.34 bits per heavy atom. The molecule has 1 aliphatic heterocycles. The number of hydrogen-bond donors (Lipinski definition) is 0. The van der Waals surface area contributed by atoms with E-state index in [2.05, 4.69) is 0 Å². The quantitative estimate of drug-likeness (QED) is 0.517. The van der Waals surface area contributed by atoms with E-state index in [0.29, 0.717) is 11.5 Å². The predicted molar refractivity (Wildman–Crippen MR) is 123 cm³/mol. The zero-order valence-electron chi connectivity index (χ0n) is 19.3. The molecule has 2 aromatic rings. The Morgan fingerprint density at radius 2 is 1.66 bits per heavy atom. The molecule has 2 aliphatic rings. The van der Waals surface area contributed by atoms with E-state index < -0.39 is 11.6 Å². The summed E-state index contributed by atoms with van der Waals surface area (Å²) in [5, 5.41) is 0. The highest BCUT2D eigenvalue weighted by atomic mass is 19.2. The minimum atomic E-state index is -1.03. The molecule has 1 saturated carbocycles. The molecule has 5 heteroatoms. The van der Waals surface area contributed by atoms with Crippen molar-refractivity contribution in [2.24, 2.45) is 11.8 Å². The summed E-state index contributed by atoms with van der Waals surface area (Å²) in [5.74, 6) is -0.817. The molecule has 2 aromatic carbocycles. The smallest absolute Gasteiger partial charge is 0.254 e. The van der Waals surface area contributed by atoms with Crippen LogP contribution >= 0.6 is 0 Å². The summed E-state index contributed by atoms with van der Waals surface area (Å²) in [6, 6.07) is 8.60. The molecule has 0 N–H and O–H groups in total. The predicted octanol–water partition coefficient (Wildman–Crippen LogP) is 6.38. The van der Waals surface area contributed by atoms with Crippen LogP contribution in [0.3, 0.4) is 0 Å². The van der Waals surface area contributed by atoms with Gasteiger partial charge in [-0.3, -0.25) is 9.59 Å². The number of aryl methyl sites for hydroxylation is 1. The maximum absolute atomic E-state index is 13.4. The first-order chi connectivity index (χ1) is 15.4. The number of benzene rings is 2. The van der Waals surface area contributed by atoms with E-state index in [1.165, 1.54) is 31.7 Å². The van der Waals surface area contributed by atoms with Crippen molar-refractivity contribution >= 4 is 11.7 Å². The van der Waals surface area contributed by atoms with Crippen LogP contribution in [0.25, 0.3) is 0 Å². The Bertz CT molecular complexity index is 972. The van der Waals surface area contributed by atoms with Crippen LogP contribution in [0.4, 0.5) is 8.78 Å². The first kappa shape index (κ1) is 24.1. The van der Waals surface area contributed by atoms with Gasteiger partial charge in [-0.05, 0) is 67.0 Å². The number of Topliss-reactive ketones (excluding diaryl/α,β-unsaturated/α-hetero) is 1. The monoisotopic (exact) mass is 441 g/mol. The average molecular weight is 442 g/mol. The number of likely N-dealkylation sites (tertiary alicyclic amines) is 1. The van der Waals surface area contributed by atoms with Gasteiger partial charge in [0.2, 0.25) is 0 Å². The van der Waals surface area contributed by atoms with Gasteiger partial charge in [0, 0.05) is 30.6 Å². The van der Waals surface area contributed by atoms with Gasteiger partial charge in [-0.15, -0.1) is 0 Å². The van der Waals surface area contributed by atoms with Crippen molar-refractivity contribution in [1.82, 2.24) is 4.90 Å². The van der Waals surface area contributed by atoms with Crippen molar-refractivity contribution in [2.45, 2.75) is 59.3 Å². The molecule has 0 radical (unpaired) electrons. The Kier molecular flexibility index (Phi) is 8.16. The maximum Gasteiger partial charge on any atom is 0.254 e. The fraction of sp³-hybridized carbons (Fsp3) is 0.481. The standard InChI is InChI=1S/C25H27F2NO2.C2H6/c1-16-12-17(13-24(29)19-7-9-22(26)23(27)14-19)6-8-21(16)25(30)28-11-10-18-4-2-3-5-20(18)15-28;1-2/h6-9,12,14,18,20H,2-5,10-11,13,15H2,1H3;1-2H3/t18-,20+;/m1./s1. The molecular formula is C27H33F2NO2. The lowest BCUT2D eigenvalue weighted by Gasteiger charge is -2.41. The van der Waals surface area contributed by atoms with Crippen molar-refractivity contribution in [3.05, 3.63) is 70.3 Å². The molecular weight excluding hydrogens is 408 g/mol. The van der Waals surface area contributed by atoms with Crippen molar-refractivity contribution in [2.75, 3.05) is 13.1 Å².